The van der Waals surface area contributed by atoms with Crippen molar-refractivity contribution in [3.05, 3.63) is 82.2 Å². The van der Waals surface area contributed by atoms with Crippen LogP contribution in [-0.4, -0.2) is 40.3 Å². The van der Waals surface area contributed by atoms with Gasteiger partial charge in [-0.05, 0) is 43.0 Å². The molecule has 1 aromatic heterocycles. The molecule has 8 heteroatoms. The lowest BCUT2D eigenvalue weighted by Gasteiger charge is -2.38. The summed E-state index contributed by atoms with van der Waals surface area (Å²) in [6.07, 6.45) is 2.01. The summed E-state index contributed by atoms with van der Waals surface area (Å²) in [5.74, 6) is -1.80. The zero-order chi connectivity index (χ0) is 24.0. The maximum Gasteiger partial charge on any atom is 0.255 e. The first kappa shape index (κ1) is 22.1. The second-order valence-electron chi connectivity index (χ2n) is 9.13. The number of likely N-dealkylation sites (N-methyl/N-ethyl adjacent to an activating group) is 1. The van der Waals surface area contributed by atoms with E-state index in [2.05, 4.69) is 15.3 Å². The van der Waals surface area contributed by atoms with E-state index in [1.165, 1.54) is 6.07 Å². The molecule has 3 heterocycles. The molecule has 0 spiro atoms. The number of hydrogen-bond donors (Lipinski definition) is 1. The highest BCUT2D eigenvalue weighted by Crippen LogP contribution is 2.35. The van der Waals surface area contributed by atoms with Crippen LogP contribution < -0.4 is 5.32 Å². The molecule has 0 bridgehead atoms. The van der Waals surface area contributed by atoms with Crippen LogP contribution in [0.4, 0.5) is 8.78 Å². The smallest absolute Gasteiger partial charge is 0.255 e. The second-order valence-corrected chi connectivity index (χ2v) is 9.13. The van der Waals surface area contributed by atoms with Crippen LogP contribution in [0.2, 0.25) is 0 Å². The minimum Gasteiger partial charge on any atom is -0.346 e. The van der Waals surface area contributed by atoms with Gasteiger partial charge in [0.25, 0.3) is 5.91 Å². The van der Waals surface area contributed by atoms with Gasteiger partial charge in [-0.1, -0.05) is 30.3 Å². The molecule has 0 aliphatic carbocycles. The molecule has 5 rings (SSSR count). The van der Waals surface area contributed by atoms with Crippen molar-refractivity contribution in [3.63, 3.8) is 0 Å². The summed E-state index contributed by atoms with van der Waals surface area (Å²) in [6.45, 7) is 2.91. The van der Waals surface area contributed by atoms with Gasteiger partial charge < -0.3 is 10.2 Å². The Morgan fingerprint density at radius 2 is 1.74 bits per heavy atom. The molecule has 1 fully saturated rings. The minimum absolute atomic E-state index is 0.0826. The zero-order valence-electron chi connectivity index (χ0n) is 19.0. The number of carbonyl (C=O) groups excluding carboxylic acids is 2. The molecule has 1 saturated heterocycles. The van der Waals surface area contributed by atoms with Gasteiger partial charge in [0, 0.05) is 20.0 Å². The summed E-state index contributed by atoms with van der Waals surface area (Å²) >= 11 is 0. The summed E-state index contributed by atoms with van der Waals surface area (Å²) in [7, 11) is 1.82. The number of amides is 2. The molecule has 1 N–H and O–H groups in total. The van der Waals surface area contributed by atoms with Crippen LogP contribution in [-0.2, 0) is 23.2 Å². The lowest BCUT2D eigenvalue weighted by atomic mass is 9.75. The van der Waals surface area contributed by atoms with Crippen LogP contribution in [0.1, 0.15) is 52.6 Å². The van der Waals surface area contributed by atoms with Crippen molar-refractivity contribution in [3.8, 4) is 11.4 Å². The van der Waals surface area contributed by atoms with Crippen LogP contribution in [0.15, 0.2) is 42.5 Å². The first-order chi connectivity index (χ1) is 16.3. The number of aromatic nitrogens is 2. The molecular weight excluding hydrogens is 438 g/mol. The standard InChI is InChI=1S/C26H24F2N4O2/c1-26(11-4-12-32(2)25(26)34)16-9-7-15(8-10-16)13-19-22-20(14-29-24(22)33)31-23(30-19)21-17(27)5-3-6-18(21)28/h3,5-10H,4,11-14H2,1-2H3,(H,29,33)/t26-/m1/s1. The average molecular weight is 463 g/mol. The van der Waals surface area contributed by atoms with Gasteiger partial charge in [0.2, 0.25) is 5.91 Å². The van der Waals surface area contributed by atoms with Crippen LogP contribution in [0.5, 0.6) is 0 Å². The van der Waals surface area contributed by atoms with Gasteiger partial charge in [0.15, 0.2) is 5.82 Å². The van der Waals surface area contributed by atoms with Crippen molar-refractivity contribution in [2.45, 2.75) is 38.1 Å². The third kappa shape index (κ3) is 3.63. The first-order valence-corrected chi connectivity index (χ1v) is 11.3. The van der Waals surface area contributed by atoms with Crippen molar-refractivity contribution in [2.24, 2.45) is 0 Å². The number of nitrogens with zero attached hydrogens (tertiary/aromatic N) is 3. The monoisotopic (exact) mass is 462 g/mol. The van der Waals surface area contributed by atoms with E-state index < -0.39 is 17.0 Å². The Bertz CT molecular complexity index is 1290. The Balaban J connectivity index is 1.51. The number of piperidine rings is 1. The molecule has 34 heavy (non-hydrogen) atoms. The molecule has 0 unspecified atom stereocenters. The molecule has 1 atom stereocenters. The van der Waals surface area contributed by atoms with Gasteiger partial charge >= 0.3 is 0 Å². The van der Waals surface area contributed by atoms with Crippen LogP contribution >= 0.6 is 0 Å². The van der Waals surface area contributed by atoms with E-state index >= 15 is 0 Å². The largest absolute Gasteiger partial charge is 0.346 e. The van der Waals surface area contributed by atoms with Crippen molar-refractivity contribution < 1.29 is 18.4 Å². The van der Waals surface area contributed by atoms with E-state index in [0.29, 0.717) is 17.0 Å². The molecule has 6 nitrogen and oxygen atoms in total. The zero-order valence-corrected chi connectivity index (χ0v) is 19.0. The molecular formula is C26H24F2N4O2. The number of carbonyl (C=O) groups is 2. The highest BCUT2D eigenvalue weighted by Gasteiger charge is 2.39. The number of hydrogen-bond acceptors (Lipinski definition) is 4. The predicted octanol–water partition coefficient (Wildman–Crippen LogP) is 3.77. The Kier molecular flexibility index (Phi) is 5.38. The summed E-state index contributed by atoms with van der Waals surface area (Å²) in [4.78, 5) is 35.7. The quantitative estimate of drug-likeness (QED) is 0.641. The van der Waals surface area contributed by atoms with E-state index in [9.17, 15) is 18.4 Å². The predicted molar refractivity (Wildman–Crippen MR) is 122 cm³/mol. The van der Waals surface area contributed by atoms with Gasteiger partial charge in [-0.3, -0.25) is 9.59 Å². The first-order valence-electron chi connectivity index (χ1n) is 11.3. The molecule has 2 amide bonds. The highest BCUT2D eigenvalue weighted by molar-refractivity contribution is 5.99. The van der Waals surface area contributed by atoms with Crippen molar-refractivity contribution in [2.75, 3.05) is 13.6 Å². The van der Waals surface area contributed by atoms with Crippen LogP contribution in [0, 0.1) is 11.6 Å². The van der Waals surface area contributed by atoms with Gasteiger partial charge in [0.1, 0.15) is 11.6 Å². The molecule has 2 aliphatic heterocycles. The maximum absolute atomic E-state index is 14.4. The van der Waals surface area contributed by atoms with Crippen molar-refractivity contribution in [1.82, 2.24) is 20.2 Å². The molecule has 3 aromatic rings. The number of benzene rings is 2. The van der Waals surface area contributed by atoms with Gasteiger partial charge in [0.05, 0.1) is 34.5 Å². The number of nitrogens with one attached hydrogen (secondary N) is 1. The van der Waals surface area contributed by atoms with Crippen molar-refractivity contribution >= 4 is 11.8 Å². The molecule has 0 radical (unpaired) electrons. The van der Waals surface area contributed by atoms with Gasteiger partial charge in [-0.2, -0.15) is 0 Å². The number of fused-ring (bicyclic) bond motifs is 1. The fourth-order valence-electron chi connectivity index (χ4n) is 4.90. The van der Waals surface area contributed by atoms with Crippen LogP contribution in [0.25, 0.3) is 11.4 Å². The molecule has 0 saturated carbocycles. The lowest BCUT2D eigenvalue weighted by Crippen LogP contribution is -2.47. The van der Waals surface area contributed by atoms with Crippen molar-refractivity contribution in [1.29, 1.82) is 0 Å². The van der Waals surface area contributed by atoms with Gasteiger partial charge in [-0.15, -0.1) is 0 Å². The highest BCUT2D eigenvalue weighted by atomic mass is 19.1. The number of rotatable bonds is 4. The van der Waals surface area contributed by atoms with Gasteiger partial charge in [-0.25, -0.2) is 18.7 Å². The number of halogens is 2. The topological polar surface area (TPSA) is 75.2 Å². The summed E-state index contributed by atoms with van der Waals surface area (Å²) in [5, 5.41) is 2.71. The Hall–Kier alpha value is -3.68. The Morgan fingerprint density at radius 3 is 2.44 bits per heavy atom. The average Bonchev–Trinajstić information content (AvgIpc) is 3.19. The second kappa shape index (κ2) is 8.27. The summed E-state index contributed by atoms with van der Waals surface area (Å²) < 4.78 is 28.8. The van der Waals surface area contributed by atoms with E-state index in [4.69, 9.17) is 0 Å². The SMILES string of the molecule is CN1CCC[C@](C)(c2ccc(Cc3nc(-c4c(F)cccc4F)nc4c3C(=O)NC4)cc2)C1=O. The summed E-state index contributed by atoms with van der Waals surface area (Å²) in [6, 6.07) is 11.3. The maximum atomic E-state index is 14.4. The number of likely N-dealkylation sites (tertiary alicyclic amines) is 1. The fourth-order valence-corrected chi connectivity index (χ4v) is 4.90. The Labute approximate surface area is 196 Å². The minimum atomic E-state index is -0.761. The van der Waals surface area contributed by atoms with E-state index in [0.717, 1.165) is 42.6 Å². The molecule has 2 aromatic carbocycles. The molecule has 2 aliphatic rings. The van der Waals surface area contributed by atoms with E-state index in [1.807, 2.05) is 38.2 Å². The van der Waals surface area contributed by atoms with Crippen LogP contribution in [0.3, 0.4) is 0 Å². The molecule has 174 valence electrons. The summed E-state index contributed by atoms with van der Waals surface area (Å²) in [5.41, 5.74) is 2.10. The van der Waals surface area contributed by atoms with E-state index in [-0.39, 0.29) is 36.2 Å². The normalized spacial score (nSPS) is 19.8. The fraction of sp³-hybridized carbons (Fsp3) is 0.308. The third-order valence-corrected chi connectivity index (χ3v) is 6.84. The Morgan fingerprint density at radius 1 is 1.03 bits per heavy atom. The van der Waals surface area contributed by atoms with E-state index in [1.54, 1.807) is 4.90 Å². The lowest BCUT2D eigenvalue weighted by molar-refractivity contribution is -0.138. The third-order valence-electron chi connectivity index (χ3n) is 6.84.